The molecular formula is C18H18N2O5. The fraction of sp³-hybridized carbons (Fsp3) is 0.333. The van der Waals surface area contributed by atoms with Gasteiger partial charge in [-0.25, -0.2) is 0 Å². The number of nitrogens with one attached hydrogen (secondary N) is 2. The maximum atomic E-state index is 13.0. The van der Waals surface area contributed by atoms with Gasteiger partial charge in [0.2, 0.25) is 0 Å². The molecule has 1 aromatic carbocycles. The molecule has 7 nitrogen and oxygen atoms in total. The van der Waals surface area contributed by atoms with Crippen molar-refractivity contribution >= 4 is 17.6 Å². The number of carbonyl (C=O) groups is 2. The monoisotopic (exact) mass is 342 g/mol. The first-order valence-corrected chi connectivity index (χ1v) is 8.04. The molecule has 25 heavy (non-hydrogen) atoms. The molecule has 0 aliphatic carbocycles. The van der Waals surface area contributed by atoms with Gasteiger partial charge in [0, 0.05) is 11.3 Å². The summed E-state index contributed by atoms with van der Waals surface area (Å²) in [7, 11) is 1.25. The summed E-state index contributed by atoms with van der Waals surface area (Å²) >= 11 is 0. The SMILES string of the molecule is COC(=O)C1(C(O)c2ccco2)CCNC12C(=O)Nc1ccccc12. The van der Waals surface area contributed by atoms with Crippen molar-refractivity contribution in [2.24, 2.45) is 5.41 Å². The summed E-state index contributed by atoms with van der Waals surface area (Å²) in [6.45, 7) is 0.370. The number of furan rings is 1. The van der Waals surface area contributed by atoms with Crippen LogP contribution in [-0.4, -0.2) is 30.6 Å². The molecule has 0 radical (unpaired) electrons. The minimum atomic E-state index is -1.55. The largest absolute Gasteiger partial charge is 0.468 e. The third kappa shape index (κ3) is 1.82. The van der Waals surface area contributed by atoms with Gasteiger partial charge < -0.3 is 19.6 Å². The van der Waals surface area contributed by atoms with Crippen LogP contribution in [0.25, 0.3) is 0 Å². The molecule has 2 aliphatic rings. The standard InChI is InChI=1S/C18H18N2O5/c1-24-16(23)17(14(21)13-7-4-10-25-13)8-9-19-18(17)11-5-2-3-6-12(11)20-15(18)22/h2-7,10,14,19,21H,8-9H2,1H3,(H,20,22). The van der Waals surface area contributed by atoms with E-state index >= 15 is 0 Å². The van der Waals surface area contributed by atoms with E-state index in [1.807, 2.05) is 0 Å². The number of ether oxygens (including phenoxy) is 1. The van der Waals surface area contributed by atoms with Crippen LogP contribution in [0.4, 0.5) is 5.69 Å². The van der Waals surface area contributed by atoms with Crippen LogP contribution in [0, 0.1) is 5.41 Å². The van der Waals surface area contributed by atoms with Crippen LogP contribution in [0.1, 0.15) is 23.8 Å². The predicted octanol–water partition coefficient (Wildman–Crippen LogP) is 1.31. The van der Waals surface area contributed by atoms with Crippen LogP contribution in [-0.2, 0) is 19.9 Å². The van der Waals surface area contributed by atoms with Gasteiger partial charge in [0.05, 0.1) is 13.4 Å². The number of para-hydroxylation sites is 1. The van der Waals surface area contributed by atoms with Gasteiger partial charge in [0.15, 0.2) is 0 Å². The van der Waals surface area contributed by atoms with E-state index in [2.05, 4.69) is 10.6 Å². The number of anilines is 1. The lowest BCUT2D eigenvalue weighted by atomic mass is 9.63. The number of hydrogen-bond donors (Lipinski definition) is 3. The Labute approximate surface area is 144 Å². The molecule has 3 N–H and O–H groups in total. The number of aliphatic hydroxyl groups is 1. The van der Waals surface area contributed by atoms with Gasteiger partial charge >= 0.3 is 5.97 Å². The second kappa shape index (κ2) is 5.44. The number of amides is 1. The van der Waals surface area contributed by atoms with Crippen LogP contribution in [0.5, 0.6) is 0 Å². The van der Waals surface area contributed by atoms with Crippen molar-refractivity contribution in [1.82, 2.24) is 5.32 Å². The molecular weight excluding hydrogens is 324 g/mol. The summed E-state index contributed by atoms with van der Waals surface area (Å²) in [6, 6.07) is 10.3. The first kappa shape index (κ1) is 15.9. The molecule has 3 heterocycles. The van der Waals surface area contributed by atoms with E-state index in [1.54, 1.807) is 36.4 Å². The van der Waals surface area contributed by atoms with Gasteiger partial charge in [-0.05, 0) is 31.2 Å². The molecule has 3 unspecified atom stereocenters. The molecule has 4 rings (SSSR count). The lowest BCUT2D eigenvalue weighted by Gasteiger charge is -2.41. The second-order valence-corrected chi connectivity index (χ2v) is 6.31. The highest BCUT2D eigenvalue weighted by Crippen LogP contribution is 2.58. The minimum Gasteiger partial charge on any atom is -0.468 e. The van der Waals surface area contributed by atoms with E-state index in [0.29, 0.717) is 17.8 Å². The molecule has 0 saturated carbocycles. The molecule has 1 spiro atoms. The van der Waals surface area contributed by atoms with Crippen molar-refractivity contribution in [3.8, 4) is 0 Å². The molecule has 130 valence electrons. The second-order valence-electron chi connectivity index (χ2n) is 6.31. The predicted molar refractivity (Wildman–Crippen MR) is 87.5 cm³/mol. The fourth-order valence-electron chi connectivity index (χ4n) is 4.25. The summed E-state index contributed by atoms with van der Waals surface area (Å²) in [6.07, 6.45) is 0.298. The summed E-state index contributed by atoms with van der Waals surface area (Å²) in [5, 5.41) is 17.1. The van der Waals surface area contributed by atoms with Crippen LogP contribution in [0.2, 0.25) is 0 Å². The third-order valence-corrected chi connectivity index (χ3v) is 5.33. The van der Waals surface area contributed by atoms with E-state index in [1.165, 1.54) is 13.4 Å². The van der Waals surface area contributed by atoms with Crippen molar-refractivity contribution in [1.29, 1.82) is 0 Å². The van der Waals surface area contributed by atoms with Crippen LogP contribution in [0.3, 0.4) is 0 Å². The average Bonchev–Trinajstić information content (AvgIpc) is 3.34. The molecule has 0 bridgehead atoms. The van der Waals surface area contributed by atoms with Gasteiger partial charge in [-0.15, -0.1) is 0 Å². The number of aliphatic hydroxyl groups excluding tert-OH is 1. The smallest absolute Gasteiger partial charge is 0.317 e. The number of hydrogen-bond acceptors (Lipinski definition) is 6. The van der Waals surface area contributed by atoms with Crippen molar-refractivity contribution in [3.63, 3.8) is 0 Å². The highest BCUT2D eigenvalue weighted by atomic mass is 16.5. The summed E-state index contributed by atoms with van der Waals surface area (Å²) < 4.78 is 10.4. The third-order valence-electron chi connectivity index (χ3n) is 5.33. The van der Waals surface area contributed by atoms with Gasteiger partial charge in [0.1, 0.15) is 22.8 Å². The zero-order valence-corrected chi connectivity index (χ0v) is 13.6. The molecule has 2 aliphatic heterocycles. The Hall–Kier alpha value is -2.64. The normalized spacial score (nSPS) is 28.6. The lowest BCUT2D eigenvalue weighted by molar-refractivity contribution is -0.171. The topological polar surface area (TPSA) is 101 Å². The molecule has 1 saturated heterocycles. The van der Waals surface area contributed by atoms with E-state index in [0.717, 1.165) is 0 Å². The van der Waals surface area contributed by atoms with E-state index in [9.17, 15) is 14.7 Å². The number of methoxy groups -OCH3 is 1. The van der Waals surface area contributed by atoms with Gasteiger partial charge in [-0.2, -0.15) is 0 Å². The van der Waals surface area contributed by atoms with Crippen LogP contribution >= 0.6 is 0 Å². The Morgan fingerprint density at radius 3 is 2.84 bits per heavy atom. The number of fused-ring (bicyclic) bond motifs is 2. The Bertz CT molecular complexity index is 834. The minimum absolute atomic E-state index is 0.214. The van der Waals surface area contributed by atoms with Crippen molar-refractivity contribution in [3.05, 3.63) is 54.0 Å². The zero-order valence-electron chi connectivity index (χ0n) is 13.6. The fourth-order valence-corrected chi connectivity index (χ4v) is 4.25. The number of rotatable bonds is 3. The van der Waals surface area contributed by atoms with Crippen molar-refractivity contribution in [2.75, 3.05) is 19.0 Å². The molecule has 2 aromatic rings. The van der Waals surface area contributed by atoms with Gasteiger partial charge in [-0.3, -0.25) is 14.9 Å². The molecule has 7 heteroatoms. The van der Waals surface area contributed by atoms with Crippen LogP contribution < -0.4 is 10.6 Å². The Morgan fingerprint density at radius 2 is 2.12 bits per heavy atom. The maximum Gasteiger partial charge on any atom is 0.317 e. The Morgan fingerprint density at radius 1 is 1.32 bits per heavy atom. The zero-order chi connectivity index (χ0) is 17.7. The number of esters is 1. The maximum absolute atomic E-state index is 13.0. The molecule has 1 aromatic heterocycles. The van der Waals surface area contributed by atoms with Crippen molar-refractivity contribution < 1.29 is 23.8 Å². The number of carbonyl (C=O) groups excluding carboxylic acids is 2. The molecule has 3 atom stereocenters. The summed E-state index contributed by atoms with van der Waals surface area (Å²) in [5.74, 6) is -0.832. The van der Waals surface area contributed by atoms with Gasteiger partial charge in [0.25, 0.3) is 5.91 Å². The van der Waals surface area contributed by atoms with Crippen molar-refractivity contribution in [2.45, 2.75) is 18.1 Å². The van der Waals surface area contributed by atoms with E-state index in [-0.39, 0.29) is 18.1 Å². The summed E-state index contributed by atoms with van der Waals surface area (Å²) in [5.41, 5.74) is -1.74. The highest BCUT2D eigenvalue weighted by Gasteiger charge is 2.71. The Balaban J connectivity index is 1.98. The summed E-state index contributed by atoms with van der Waals surface area (Å²) in [4.78, 5) is 26.0. The quantitative estimate of drug-likeness (QED) is 0.727. The molecule has 1 amide bonds. The first-order valence-electron chi connectivity index (χ1n) is 8.04. The first-order chi connectivity index (χ1) is 12.1. The average molecular weight is 342 g/mol. The lowest BCUT2D eigenvalue weighted by Crippen LogP contribution is -2.60. The Kier molecular flexibility index (Phi) is 3.45. The highest BCUT2D eigenvalue weighted by molar-refractivity contribution is 6.10. The van der Waals surface area contributed by atoms with E-state index in [4.69, 9.17) is 9.15 Å². The van der Waals surface area contributed by atoms with E-state index < -0.39 is 23.0 Å². The van der Waals surface area contributed by atoms with Crippen LogP contribution in [0.15, 0.2) is 47.1 Å². The molecule has 1 fully saturated rings. The number of benzene rings is 1. The van der Waals surface area contributed by atoms with Gasteiger partial charge in [-0.1, -0.05) is 18.2 Å².